The minimum atomic E-state index is -0.461. The monoisotopic (exact) mass is 380 g/mol. The molecule has 1 aromatic heterocycles. The molecule has 1 fully saturated rings. The topological polar surface area (TPSA) is 94.3 Å². The summed E-state index contributed by atoms with van der Waals surface area (Å²) in [4.78, 5) is 26.7. The van der Waals surface area contributed by atoms with Crippen molar-refractivity contribution >= 4 is 11.9 Å². The molecule has 6 heteroatoms. The van der Waals surface area contributed by atoms with Crippen LogP contribution in [0, 0.1) is 5.41 Å². The summed E-state index contributed by atoms with van der Waals surface area (Å²) in [6.07, 6.45) is 2.22. The molecule has 3 amide bonds. The molecular weight excluding hydrogens is 352 g/mol. The van der Waals surface area contributed by atoms with E-state index in [0.717, 1.165) is 29.7 Å². The molecule has 1 aliphatic heterocycles. The first kappa shape index (κ1) is 18.6. The van der Waals surface area contributed by atoms with Gasteiger partial charge in [-0.2, -0.15) is 0 Å². The quantitative estimate of drug-likeness (QED) is 0.851. The molecule has 1 atom stereocenters. The van der Waals surface area contributed by atoms with Gasteiger partial charge in [0.2, 0.25) is 0 Å². The van der Waals surface area contributed by atoms with Crippen LogP contribution in [0.2, 0.25) is 0 Å². The Hall–Kier alpha value is -2.76. The fourth-order valence-corrected chi connectivity index (χ4v) is 4.71. The molecule has 1 aromatic carbocycles. The smallest absolute Gasteiger partial charge is 0.315 e. The Balaban J connectivity index is 2.06. The maximum atomic E-state index is 12.7. The summed E-state index contributed by atoms with van der Waals surface area (Å²) >= 11 is 0. The second-order valence-electron chi connectivity index (χ2n) is 8.98. The van der Waals surface area contributed by atoms with Crippen molar-refractivity contribution in [1.82, 2.24) is 9.47 Å². The van der Waals surface area contributed by atoms with Gasteiger partial charge in [0, 0.05) is 24.3 Å². The van der Waals surface area contributed by atoms with Gasteiger partial charge in [-0.05, 0) is 29.7 Å². The molecule has 1 saturated carbocycles. The van der Waals surface area contributed by atoms with E-state index in [4.69, 9.17) is 11.5 Å². The maximum absolute atomic E-state index is 12.7. The van der Waals surface area contributed by atoms with Crippen molar-refractivity contribution in [3.05, 3.63) is 47.3 Å². The fraction of sp³-hybridized carbons (Fsp3) is 0.455. The Bertz CT molecular complexity index is 936. The van der Waals surface area contributed by atoms with E-state index in [1.165, 1.54) is 5.69 Å². The lowest BCUT2D eigenvalue weighted by atomic mass is 9.81. The molecule has 1 unspecified atom stereocenters. The SMILES string of the molecule is CC(C)(C)C1c2c(C(N)=O)c(-c3ccccc3)c(C3CC3)n2CCN1C(N)=O. The van der Waals surface area contributed by atoms with Crippen molar-refractivity contribution in [2.45, 2.75) is 52.1 Å². The van der Waals surface area contributed by atoms with E-state index in [9.17, 15) is 9.59 Å². The van der Waals surface area contributed by atoms with Crippen LogP contribution in [0.1, 0.15) is 67.3 Å². The van der Waals surface area contributed by atoms with Crippen LogP contribution in [-0.4, -0.2) is 28.0 Å². The van der Waals surface area contributed by atoms with Crippen LogP contribution in [0.4, 0.5) is 4.79 Å². The van der Waals surface area contributed by atoms with E-state index in [2.05, 4.69) is 25.3 Å². The van der Waals surface area contributed by atoms with Crippen molar-refractivity contribution in [2.75, 3.05) is 6.54 Å². The van der Waals surface area contributed by atoms with Crippen LogP contribution >= 0.6 is 0 Å². The molecule has 6 nitrogen and oxygen atoms in total. The van der Waals surface area contributed by atoms with Gasteiger partial charge in [0.25, 0.3) is 5.91 Å². The number of hydrogen-bond donors (Lipinski definition) is 2. The summed E-state index contributed by atoms with van der Waals surface area (Å²) in [6, 6.07) is 9.20. The van der Waals surface area contributed by atoms with Gasteiger partial charge in [0.1, 0.15) is 0 Å². The molecule has 148 valence electrons. The van der Waals surface area contributed by atoms with E-state index in [1.807, 2.05) is 30.3 Å². The first-order valence-electron chi connectivity index (χ1n) is 9.89. The normalized spacial score (nSPS) is 19.4. The van der Waals surface area contributed by atoms with Crippen molar-refractivity contribution in [2.24, 2.45) is 16.9 Å². The summed E-state index contributed by atoms with van der Waals surface area (Å²) in [5.74, 6) is -0.0159. The number of hydrogen-bond acceptors (Lipinski definition) is 2. The second kappa shape index (κ2) is 6.40. The summed E-state index contributed by atoms with van der Waals surface area (Å²) in [5.41, 5.74) is 15.9. The number of urea groups is 1. The van der Waals surface area contributed by atoms with Crippen LogP contribution in [0.15, 0.2) is 30.3 Å². The Morgan fingerprint density at radius 2 is 1.64 bits per heavy atom. The third kappa shape index (κ3) is 2.87. The molecular formula is C22H28N4O2. The van der Waals surface area contributed by atoms with Gasteiger partial charge >= 0.3 is 6.03 Å². The van der Waals surface area contributed by atoms with Gasteiger partial charge in [0.15, 0.2) is 0 Å². The van der Waals surface area contributed by atoms with Gasteiger partial charge < -0.3 is 20.9 Å². The van der Waals surface area contributed by atoms with E-state index in [0.29, 0.717) is 24.6 Å². The van der Waals surface area contributed by atoms with Crippen LogP contribution in [0.3, 0.4) is 0 Å². The number of nitrogens with two attached hydrogens (primary N) is 2. The molecule has 28 heavy (non-hydrogen) atoms. The lowest BCUT2D eigenvalue weighted by Crippen LogP contribution is -2.49. The van der Waals surface area contributed by atoms with Crippen molar-refractivity contribution < 1.29 is 9.59 Å². The maximum Gasteiger partial charge on any atom is 0.315 e. The number of primary amides is 2. The Kier molecular flexibility index (Phi) is 4.25. The molecule has 0 bridgehead atoms. The molecule has 2 heterocycles. The number of aromatic nitrogens is 1. The van der Waals surface area contributed by atoms with Gasteiger partial charge in [-0.25, -0.2) is 4.79 Å². The second-order valence-corrected chi connectivity index (χ2v) is 8.98. The average Bonchev–Trinajstić information content (AvgIpc) is 3.40. The van der Waals surface area contributed by atoms with E-state index in [-0.39, 0.29) is 11.5 Å². The highest BCUT2D eigenvalue weighted by molar-refractivity contribution is 6.03. The Morgan fingerprint density at radius 1 is 1.00 bits per heavy atom. The van der Waals surface area contributed by atoms with Crippen molar-refractivity contribution in [3.63, 3.8) is 0 Å². The van der Waals surface area contributed by atoms with Gasteiger partial charge in [-0.3, -0.25) is 4.79 Å². The van der Waals surface area contributed by atoms with Crippen molar-refractivity contribution in [3.8, 4) is 11.1 Å². The zero-order chi connectivity index (χ0) is 20.2. The standard InChI is InChI=1S/C22H28N4O2/c1-22(2,3)19-18-16(20(23)27)15(13-7-5-4-6-8-13)17(14-9-10-14)25(18)11-12-26(19)21(24)28/h4-8,14,19H,9-12H2,1-3H3,(H2,23,27)(H2,24,28). The highest BCUT2D eigenvalue weighted by Crippen LogP contribution is 2.52. The zero-order valence-corrected chi connectivity index (χ0v) is 16.7. The Labute approximate surface area is 165 Å². The third-order valence-electron chi connectivity index (χ3n) is 5.86. The summed E-state index contributed by atoms with van der Waals surface area (Å²) in [7, 11) is 0. The van der Waals surface area contributed by atoms with Crippen LogP contribution in [0.5, 0.6) is 0 Å². The van der Waals surface area contributed by atoms with Gasteiger partial charge in [-0.1, -0.05) is 51.1 Å². The third-order valence-corrected chi connectivity index (χ3v) is 5.86. The summed E-state index contributed by atoms with van der Waals surface area (Å²) < 4.78 is 2.26. The molecule has 0 radical (unpaired) electrons. The molecule has 2 aliphatic rings. The van der Waals surface area contributed by atoms with Crippen LogP contribution < -0.4 is 11.5 Å². The molecule has 0 saturated heterocycles. The predicted octanol–water partition coefficient (Wildman–Crippen LogP) is 3.61. The zero-order valence-electron chi connectivity index (χ0n) is 16.7. The number of carbonyl (C=O) groups is 2. The molecule has 2 aromatic rings. The minimum Gasteiger partial charge on any atom is -0.366 e. The largest absolute Gasteiger partial charge is 0.366 e. The number of rotatable bonds is 3. The number of carbonyl (C=O) groups excluding carboxylic acids is 2. The molecule has 4 rings (SSSR count). The average molecular weight is 380 g/mol. The number of nitrogens with zero attached hydrogens (tertiary/aromatic N) is 2. The fourth-order valence-electron chi connectivity index (χ4n) is 4.71. The number of amides is 3. The highest BCUT2D eigenvalue weighted by Gasteiger charge is 2.45. The van der Waals surface area contributed by atoms with Gasteiger partial charge in [0.05, 0.1) is 17.3 Å². The highest BCUT2D eigenvalue weighted by atomic mass is 16.2. The molecule has 0 spiro atoms. The van der Waals surface area contributed by atoms with E-state index in [1.54, 1.807) is 4.90 Å². The van der Waals surface area contributed by atoms with Crippen LogP contribution in [0.25, 0.3) is 11.1 Å². The summed E-state index contributed by atoms with van der Waals surface area (Å²) in [6.45, 7) is 7.37. The summed E-state index contributed by atoms with van der Waals surface area (Å²) in [5, 5.41) is 0. The lowest BCUT2D eigenvalue weighted by Gasteiger charge is -2.44. The van der Waals surface area contributed by atoms with E-state index >= 15 is 0 Å². The Morgan fingerprint density at radius 3 is 2.14 bits per heavy atom. The predicted molar refractivity (Wildman–Crippen MR) is 109 cm³/mol. The molecule has 1 aliphatic carbocycles. The van der Waals surface area contributed by atoms with Crippen LogP contribution in [-0.2, 0) is 6.54 Å². The lowest BCUT2D eigenvalue weighted by molar-refractivity contribution is 0.0915. The van der Waals surface area contributed by atoms with Crippen molar-refractivity contribution in [1.29, 1.82) is 0 Å². The first-order valence-corrected chi connectivity index (χ1v) is 9.89. The molecule has 4 N–H and O–H groups in total. The number of fused-ring (bicyclic) bond motifs is 1. The minimum absolute atomic E-state index is 0.301. The van der Waals surface area contributed by atoms with Gasteiger partial charge in [-0.15, -0.1) is 0 Å². The van der Waals surface area contributed by atoms with E-state index < -0.39 is 11.9 Å². The first-order chi connectivity index (χ1) is 13.2. The number of benzene rings is 1.